The molecule has 0 radical (unpaired) electrons. The molecule has 1 fully saturated rings. The molecule has 7 atom stereocenters. The first-order valence-corrected chi connectivity index (χ1v) is 16.4. The fraction of sp³-hybridized carbons (Fsp3) is 0.714. The van der Waals surface area contributed by atoms with Crippen molar-refractivity contribution in [2.75, 3.05) is 34.9 Å². The molecule has 0 aliphatic carbocycles. The number of rotatable bonds is 18. The van der Waals surface area contributed by atoms with Crippen molar-refractivity contribution in [3.05, 3.63) is 35.9 Å². The molecule has 1 saturated heterocycles. The Morgan fingerprint density at radius 2 is 1.69 bits per heavy atom. The number of likely N-dealkylation sites (tertiary alicyclic amines) is 1. The van der Waals surface area contributed by atoms with Crippen LogP contribution in [-0.4, -0.2) is 98.7 Å². The van der Waals surface area contributed by atoms with E-state index in [1.165, 1.54) is 7.11 Å². The minimum atomic E-state index is -0.846. The lowest BCUT2D eigenvalue weighted by atomic mass is 9.89. The third-order valence-corrected chi connectivity index (χ3v) is 9.24. The highest BCUT2D eigenvalue weighted by Gasteiger charge is 2.41. The molecule has 1 aliphatic rings. The van der Waals surface area contributed by atoms with E-state index in [9.17, 15) is 19.2 Å². The monoisotopic (exact) mass is 631 g/mol. The van der Waals surface area contributed by atoms with Crippen LogP contribution in [-0.2, 0) is 39.8 Å². The Balaban J connectivity index is 2.13. The summed E-state index contributed by atoms with van der Waals surface area (Å²) in [5.41, 5.74) is 0.900. The number of carbonyl (C=O) groups excluding carboxylic acids is 4. The molecular formula is C35H57N3O7. The molecule has 3 amide bonds. The van der Waals surface area contributed by atoms with Crippen molar-refractivity contribution in [2.24, 2.45) is 17.8 Å². The van der Waals surface area contributed by atoms with Crippen LogP contribution in [0.1, 0.15) is 78.7 Å². The number of nitrogens with one attached hydrogen (secondary N) is 1. The molecule has 1 N–H and O–H groups in total. The molecule has 45 heavy (non-hydrogen) atoms. The average Bonchev–Trinajstić information content (AvgIpc) is 3.51. The Hall–Kier alpha value is -2.98. The van der Waals surface area contributed by atoms with Crippen LogP contribution in [0, 0.1) is 17.8 Å². The topological polar surface area (TPSA) is 114 Å². The number of likely N-dealkylation sites (N-methyl/N-ethyl adjacent to an activating group) is 1. The molecule has 10 heteroatoms. The number of ether oxygens (including phenoxy) is 3. The molecule has 1 aromatic rings. The van der Waals surface area contributed by atoms with Gasteiger partial charge in [-0.25, -0.2) is 4.79 Å². The molecular weight excluding hydrogens is 574 g/mol. The van der Waals surface area contributed by atoms with Gasteiger partial charge in [-0.15, -0.1) is 0 Å². The lowest BCUT2D eigenvalue weighted by Gasteiger charge is -2.38. The van der Waals surface area contributed by atoms with Crippen LogP contribution in [0.2, 0.25) is 0 Å². The quantitative estimate of drug-likeness (QED) is 0.241. The van der Waals surface area contributed by atoms with Gasteiger partial charge in [0.2, 0.25) is 17.7 Å². The second kappa shape index (κ2) is 18.9. The molecule has 1 aliphatic heterocycles. The van der Waals surface area contributed by atoms with Crippen molar-refractivity contribution in [3.63, 3.8) is 0 Å². The van der Waals surface area contributed by atoms with Gasteiger partial charge in [0.1, 0.15) is 6.04 Å². The van der Waals surface area contributed by atoms with Crippen LogP contribution in [0.3, 0.4) is 0 Å². The first kappa shape index (κ1) is 38.2. The minimum absolute atomic E-state index is 0.0233. The first-order chi connectivity index (χ1) is 21.4. The van der Waals surface area contributed by atoms with Crippen LogP contribution < -0.4 is 5.32 Å². The van der Waals surface area contributed by atoms with Crippen molar-refractivity contribution in [3.8, 4) is 0 Å². The summed E-state index contributed by atoms with van der Waals surface area (Å²) in [7, 11) is 6.34. The smallest absolute Gasteiger partial charge is 0.328 e. The van der Waals surface area contributed by atoms with Gasteiger partial charge in [-0.1, -0.05) is 71.4 Å². The number of carbonyl (C=O) groups is 4. The van der Waals surface area contributed by atoms with E-state index in [0.29, 0.717) is 32.2 Å². The summed E-state index contributed by atoms with van der Waals surface area (Å²) in [6.45, 7) is 10.6. The number of methoxy groups -OCH3 is 3. The highest BCUT2D eigenvalue weighted by atomic mass is 16.5. The Labute approximate surface area is 270 Å². The van der Waals surface area contributed by atoms with Gasteiger partial charge >= 0.3 is 5.97 Å². The van der Waals surface area contributed by atoms with Gasteiger partial charge in [-0.05, 0) is 36.7 Å². The third kappa shape index (κ3) is 10.8. The van der Waals surface area contributed by atoms with Crippen molar-refractivity contribution in [1.29, 1.82) is 0 Å². The second-order valence-corrected chi connectivity index (χ2v) is 12.9. The second-order valence-electron chi connectivity index (χ2n) is 12.9. The normalized spacial score (nSPS) is 18.9. The lowest BCUT2D eigenvalue weighted by Crippen LogP contribution is -2.53. The van der Waals surface area contributed by atoms with Crippen LogP contribution in [0.4, 0.5) is 0 Å². The van der Waals surface area contributed by atoms with E-state index in [4.69, 9.17) is 14.2 Å². The zero-order valence-corrected chi connectivity index (χ0v) is 28.9. The van der Waals surface area contributed by atoms with E-state index in [1.807, 2.05) is 61.0 Å². The van der Waals surface area contributed by atoms with Crippen molar-refractivity contribution in [1.82, 2.24) is 15.1 Å². The summed E-state index contributed by atoms with van der Waals surface area (Å²) in [5.74, 6) is -0.984. The van der Waals surface area contributed by atoms with E-state index < -0.39 is 24.0 Å². The molecule has 0 saturated carbocycles. The zero-order chi connectivity index (χ0) is 33.7. The Morgan fingerprint density at radius 3 is 2.24 bits per heavy atom. The summed E-state index contributed by atoms with van der Waals surface area (Å²) in [4.78, 5) is 56.3. The van der Waals surface area contributed by atoms with E-state index in [-0.39, 0.29) is 54.2 Å². The summed E-state index contributed by atoms with van der Waals surface area (Å²) in [6.07, 6.45) is 3.03. The van der Waals surface area contributed by atoms with Crippen molar-refractivity contribution in [2.45, 2.75) is 110 Å². The van der Waals surface area contributed by atoms with E-state index >= 15 is 0 Å². The maximum atomic E-state index is 13.7. The van der Waals surface area contributed by atoms with Gasteiger partial charge in [-0.2, -0.15) is 0 Å². The summed E-state index contributed by atoms with van der Waals surface area (Å²) >= 11 is 0. The summed E-state index contributed by atoms with van der Waals surface area (Å²) in [5, 5.41) is 2.86. The van der Waals surface area contributed by atoms with E-state index in [2.05, 4.69) is 19.2 Å². The largest absolute Gasteiger partial charge is 0.467 e. The molecule has 2 rings (SSSR count). The standard InChI is InChI=1S/C35H57N3O7/c1-10-24(4)32(37(6)31(40)21-23(2)3)29(43-7)18-19-30(39)38-20-14-17-28(38)33(44-8)25(5)34(41)36-27(35(42)45-9)22-26-15-12-11-13-16-26/h11-13,15-16,23-25,27-29,32-33H,10,14,17-22H2,1-9H3,(H,36,41). The highest BCUT2D eigenvalue weighted by Crippen LogP contribution is 2.29. The van der Waals surface area contributed by atoms with Crippen molar-refractivity contribution >= 4 is 23.7 Å². The van der Waals surface area contributed by atoms with Gasteiger partial charge < -0.3 is 29.3 Å². The number of nitrogens with zero attached hydrogens (tertiary/aromatic N) is 2. The van der Waals surface area contributed by atoms with E-state index in [0.717, 1.165) is 18.4 Å². The SMILES string of the molecule is CCC(C)C(C(CCC(=O)N1CCCC1C(OC)C(C)C(=O)NC(Cc1ccccc1)C(=O)OC)OC)N(C)C(=O)CC(C)C. The van der Waals surface area contributed by atoms with Gasteiger partial charge in [0.05, 0.1) is 37.3 Å². The maximum absolute atomic E-state index is 13.7. The fourth-order valence-corrected chi connectivity index (χ4v) is 6.51. The van der Waals surface area contributed by atoms with Gasteiger partial charge in [-0.3, -0.25) is 14.4 Å². The maximum Gasteiger partial charge on any atom is 0.328 e. The lowest BCUT2D eigenvalue weighted by molar-refractivity contribution is -0.147. The number of benzene rings is 1. The Morgan fingerprint density at radius 1 is 1.02 bits per heavy atom. The molecule has 10 nitrogen and oxygen atoms in total. The average molecular weight is 632 g/mol. The molecule has 1 aromatic carbocycles. The third-order valence-electron chi connectivity index (χ3n) is 9.24. The van der Waals surface area contributed by atoms with Crippen LogP contribution in [0.25, 0.3) is 0 Å². The van der Waals surface area contributed by atoms with Crippen LogP contribution >= 0.6 is 0 Å². The summed E-state index contributed by atoms with van der Waals surface area (Å²) in [6, 6.07) is 8.16. The number of hydrogen-bond acceptors (Lipinski definition) is 7. The van der Waals surface area contributed by atoms with Gasteiger partial charge in [0.25, 0.3) is 0 Å². The highest BCUT2D eigenvalue weighted by molar-refractivity contribution is 5.86. The molecule has 7 unspecified atom stereocenters. The fourth-order valence-electron chi connectivity index (χ4n) is 6.51. The predicted octanol–water partition coefficient (Wildman–Crippen LogP) is 4.24. The number of amides is 3. The molecule has 0 aromatic heterocycles. The first-order valence-electron chi connectivity index (χ1n) is 16.4. The van der Waals surface area contributed by atoms with Crippen LogP contribution in [0.15, 0.2) is 30.3 Å². The minimum Gasteiger partial charge on any atom is -0.467 e. The molecule has 254 valence electrons. The Bertz CT molecular complexity index is 1080. The molecule has 0 spiro atoms. The van der Waals surface area contributed by atoms with Crippen molar-refractivity contribution < 1.29 is 33.4 Å². The number of esters is 1. The van der Waals surface area contributed by atoms with Gasteiger partial charge in [0, 0.05) is 47.1 Å². The van der Waals surface area contributed by atoms with Gasteiger partial charge in [0.15, 0.2) is 0 Å². The van der Waals surface area contributed by atoms with E-state index in [1.54, 1.807) is 21.1 Å². The predicted molar refractivity (Wildman–Crippen MR) is 174 cm³/mol. The van der Waals surface area contributed by atoms with Crippen LogP contribution in [0.5, 0.6) is 0 Å². The summed E-state index contributed by atoms with van der Waals surface area (Å²) < 4.78 is 16.8. The molecule has 0 bridgehead atoms. The Kier molecular flexibility index (Phi) is 16.0. The number of hydrogen-bond donors (Lipinski definition) is 1. The zero-order valence-electron chi connectivity index (χ0n) is 28.9. The molecule has 1 heterocycles.